The minimum atomic E-state index is -1.35. The molecule has 0 unspecified atom stereocenters. The average Bonchev–Trinajstić information content (AvgIpc) is 2.37. The zero-order valence-corrected chi connectivity index (χ0v) is 10.7. The molecule has 104 valence electrons. The first kappa shape index (κ1) is 15.0. The summed E-state index contributed by atoms with van der Waals surface area (Å²) in [6, 6.07) is 1.01. The van der Waals surface area contributed by atoms with Gasteiger partial charge in [-0.15, -0.1) is 0 Å². The molecule has 0 bridgehead atoms. The van der Waals surface area contributed by atoms with Gasteiger partial charge in [0.1, 0.15) is 5.56 Å². The minimum absolute atomic E-state index is 0.336. The van der Waals surface area contributed by atoms with Gasteiger partial charge in [0.2, 0.25) is 0 Å². The molecule has 1 aromatic carbocycles. The maximum absolute atomic E-state index is 13.2. The smallest absolute Gasteiger partial charge is 0.285 e. The molecule has 0 heterocycles. The maximum Gasteiger partial charge on any atom is 0.285 e. The van der Waals surface area contributed by atoms with E-state index in [2.05, 4.69) is 0 Å². The van der Waals surface area contributed by atoms with Crippen LogP contribution in [0.4, 0.5) is 14.5 Å². The van der Waals surface area contributed by atoms with Crippen LogP contribution in [-0.2, 0) is 0 Å². The highest BCUT2D eigenvalue weighted by Gasteiger charge is 2.26. The molecule has 0 atom stereocenters. The molecule has 1 amide bonds. The summed E-state index contributed by atoms with van der Waals surface area (Å²) < 4.78 is 26.2. The van der Waals surface area contributed by atoms with E-state index in [1.54, 1.807) is 6.92 Å². The van der Waals surface area contributed by atoms with Crippen molar-refractivity contribution in [3.8, 4) is 0 Å². The Bertz CT molecular complexity index is 506. The number of carbonyl (C=O) groups excluding carboxylic acids is 1. The van der Waals surface area contributed by atoms with Crippen molar-refractivity contribution in [3.05, 3.63) is 39.4 Å². The van der Waals surface area contributed by atoms with Crippen molar-refractivity contribution in [2.24, 2.45) is 0 Å². The van der Waals surface area contributed by atoms with Crippen LogP contribution in [-0.4, -0.2) is 28.8 Å². The Morgan fingerprint density at radius 3 is 2.37 bits per heavy atom. The van der Waals surface area contributed by atoms with Crippen LogP contribution in [0, 0.1) is 21.7 Å². The standard InChI is InChI=1S/C12H14F2N2O3/c1-3-5-15(4-2)12(17)8-6-9(13)10(14)7-11(8)16(18)19/h6-7H,3-5H2,1-2H3. The molecule has 19 heavy (non-hydrogen) atoms. The molecule has 0 radical (unpaired) electrons. The van der Waals surface area contributed by atoms with E-state index in [0.717, 1.165) is 0 Å². The second-order valence-electron chi connectivity index (χ2n) is 3.93. The molecule has 7 heteroatoms. The number of nitro benzene ring substituents is 1. The monoisotopic (exact) mass is 272 g/mol. The number of hydrogen-bond acceptors (Lipinski definition) is 3. The van der Waals surface area contributed by atoms with Gasteiger partial charge in [-0.1, -0.05) is 6.92 Å². The van der Waals surface area contributed by atoms with E-state index >= 15 is 0 Å². The Kier molecular flexibility index (Phi) is 4.91. The lowest BCUT2D eigenvalue weighted by Gasteiger charge is -2.20. The molecule has 0 N–H and O–H groups in total. The topological polar surface area (TPSA) is 63.5 Å². The summed E-state index contributed by atoms with van der Waals surface area (Å²) in [5, 5.41) is 10.8. The van der Waals surface area contributed by atoms with Crippen LogP contribution >= 0.6 is 0 Å². The summed E-state index contributed by atoms with van der Waals surface area (Å²) in [5.41, 5.74) is -1.15. The van der Waals surface area contributed by atoms with Crippen LogP contribution in [0.15, 0.2) is 12.1 Å². The summed E-state index contributed by atoms with van der Waals surface area (Å²) in [7, 11) is 0. The van der Waals surface area contributed by atoms with Crippen LogP contribution in [0.3, 0.4) is 0 Å². The summed E-state index contributed by atoms with van der Waals surface area (Å²) in [6.45, 7) is 4.28. The molecular weight excluding hydrogens is 258 g/mol. The van der Waals surface area contributed by atoms with Gasteiger partial charge >= 0.3 is 0 Å². The normalized spacial score (nSPS) is 10.3. The highest BCUT2D eigenvalue weighted by Crippen LogP contribution is 2.23. The molecule has 0 aliphatic carbocycles. The van der Waals surface area contributed by atoms with Crippen molar-refractivity contribution < 1.29 is 18.5 Å². The van der Waals surface area contributed by atoms with Crippen LogP contribution < -0.4 is 0 Å². The average molecular weight is 272 g/mol. The molecular formula is C12H14F2N2O3. The largest absolute Gasteiger partial charge is 0.339 e. The Balaban J connectivity index is 3.28. The van der Waals surface area contributed by atoms with Crippen LogP contribution in [0.2, 0.25) is 0 Å². The summed E-state index contributed by atoms with van der Waals surface area (Å²) in [6.07, 6.45) is 0.664. The number of hydrogen-bond donors (Lipinski definition) is 0. The SMILES string of the molecule is CCCN(CC)C(=O)c1cc(F)c(F)cc1[N+](=O)[O-]. The Morgan fingerprint density at radius 2 is 1.89 bits per heavy atom. The van der Waals surface area contributed by atoms with Gasteiger partial charge in [-0.25, -0.2) is 8.78 Å². The van der Waals surface area contributed by atoms with Crippen molar-refractivity contribution in [2.45, 2.75) is 20.3 Å². The molecule has 1 rings (SSSR count). The van der Waals surface area contributed by atoms with Gasteiger partial charge in [-0.3, -0.25) is 14.9 Å². The van der Waals surface area contributed by atoms with Gasteiger partial charge in [-0.05, 0) is 19.4 Å². The van der Waals surface area contributed by atoms with Crippen LogP contribution in [0.25, 0.3) is 0 Å². The van der Waals surface area contributed by atoms with Crippen LogP contribution in [0.1, 0.15) is 30.6 Å². The van der Waals surface area contributed by atoms with Crippen molar-refractivity contribution in [1.82, 2.24) is 4.90 Å². The molecule has 0 aliphatic rings. The van der Waals surface area contributed by atoms with E-state index in [1.165, 1.54) is 4.90 Å². The quantitative estimate of drug-likeness (QED) is 0.611. The zero-order valence-electron chi connectivity index (χ0n) is 10.7. The number of benzene rings is 1. The van der Waals surface area contributed by atoms with E-state index in [-0.39, 0.29) is 0 Å². The summed E-state index contributed by atoms with van der Waals surface area (Å²) in [5.74, 6) is -3.29. The predicted octanol–water partition coefficient (Wildman–Crippen LogP) is 2.75. The first-order chi connectivity index (χ1) is 8.92. The van der Waals surface area contributed by atoms with Gasteiger partial charge in [0.25, 0.3) is 11.6 Å². The third-order valence-electron chi connectivity index (χ3n) is 2.63. The number of nitro groups is 1. The number of rotatable bonds is 5. The number of nitrogens with zero attached hydrogens (tertiary/aromatic N) is 2. The van der Waals surface area contributed by atoms with Gasteiger partial charge in [0.15, 0.2) is 11.6 Å². The molecule has 0 aromatic heterocycles. The van der Waals surface area contributed by atoms with Gasteiger partial charge in [-0.2, -0.15) is 0 Å². The van der Waals surface area contributed by atoms with E-state index in [4.69, 9.17) is 0 Å². The number of amides is 1. The minimum Gasteiger partial charge on any atom is -0.339 e. The summed E-state index contributed by atoms with van der Waals surface area (Å²) >= 11 is 0. The van der Waals surface area contributed by atoms with E-state index in [9.17, 15) is 23.7 Å². The number of halogens is 2. The lowest BCUT2D eigenvalue weighted by Crippen LogP contribution is -2.32. The van der Waals surface area contributed by atoms with Crippen molar-refractivity contribution in [3.63, 3.8) is 0 Å². The first-order valence-corrected chi connectivity index (χ1v) is 5.85. The van der Waals surface area contributed by atoms with Crippen molar-refractivity contribution in [1.29, 1.82) is 0 Å². The fraction of sp³-hybridized carbons (Fsp3) is 0.417. The Morgan fingerprint density at radius 1 is 1.32 bits per heavy atom. The zero-order chi connectivity index (χ0) is 14.6. The fourth-order valence-electron chi connectivity index (χ4n) is 1.70. The van der Waals surface area contributed by atoms with Crippen LogP contribution in [0.5, 0.6) is 0 Å². The highest BCUT2D eigenvalue weighted by atomic mass is 19.2. The van der Waals surface area contributed by atoms with E-state index < -0.39 is 33.7 Å². The van der Waals surface area contributed by atoms with E-state index in [1.807, 2.05) is 6.92 Å². The van der Waals surface area contributed by atoms with E-state index in [0.29, 0.717) is 31.6 Å². The van der Waals surface area contributed by atoms with Gasteiger partial charge in [0.05, 0.1) is 11.0 Å². The van der Waals surface area contributed by atoms with Gasteiger partial charge in [0, 0.05) is 13.1 Å². The lowest BCUT2D eigenvalue weighted by molar-refractivity contribution is -0.385. The molecule has 5 nitrogen and oxygen atoms in total. The second-order valence-corrected chi connectivity index (χ2v) is 3.93. The Hall–Kier alpha value is -2.05. The highest BCUT2D eigenvalue weighted by molar-refractivity contribution is 5.98. The van der Waals surface area contributed by atoms with Crippen molar-refractivity contribution >= 4 is 11.6 Å². The molecule has 0 saturated carbocycles. The fourth-order valence-corrected chi connectivity index (χ4v) is 1.70. The van der Waals surface area contributed by atoms with Crippen molar-refractivity contribution in [2.75, 3.05) is 13.1 Å². The first-order valence-electron chi connectivity index (χ1n) is 5.85. The summed E-state index contributed by atoms with van der Waals surface area (Å²) in [4.78, 5) is 23.3. The van der Waals surface area contributed by atoms with Gasteiger partial charge < -0.3 is 4.90 Å². The maximum atomic E-state index is 13.2. The molecule has 0 spiro atoms. The Labute approximate surface area is 109 Å². The lowest BCUT2D eigenvalue weighted by atomic mass is 10.1. The third-order valence-corrected chi connectivity index (χ3v) is 2.63. The second kappa shape index (κ2) is 6.21. The molecule has 0 saturated heterocycles. The molecule has 0 fully saturated rings. The molecule has 1 aromatic rings. The third kappa shape index (κ3) is 3.24. The predicted molar refractivity (Wildman–Crippen MR) is 64.9 cm³/mol. The number of carbonyl (C=O) groups is 1. The molecule has 0 aliphatic heterocycles.